The molecule has 0 bridgehead atoms. The summed E-state index contributed by atoms with van der Waals surface area (Å²) in [6.07, 6.45) is 9.16. The van der Waals surface area contributed by atoms with Crippen molar-refractivity contribution in [1.82, 2.24) is 9.80 Å². The van der Waals surface area contributed by atoms with Crippen LogP contribution in [0.25, 0.3) is 0 Å². The molecule has 2 aromatic rings. The Bertz CT molecular complexity index is 1270. The molecule has 0 radical (unpaired) electrons. The van der Waals surface area contributed by atoms with E-state index in [0.29, 0.717) is 32.0 Å². The van der Waals surface area contributed by atoms with E-state index < -0.39 is 5.30 Å². The summed E-state index contributed by atoms with van der Waals surface area (Å²) in [4.78, 5) is 41.9. The second-order valence-corrected chi connectivity index (χ2v) is 13.0. The monoisotopic (exact) mass is 654 g/mol. The molecule has 2 aliphatic heterocycles. The summed E-state index contributed by atoms with van der Waals surface area (Å²) in [5.74, 6) is 1.70. The van der Waals surface area contributed by atoms with E-state index in [0.717, 1.165) is 106 Å². The SMILES string of the molecule is CCCCOc1ccc([C@@H]2C[C@H](CCN3CCCC3=O)N(CC(=O)N(CCCC)c3cccc(CN)c3)C2)cc1C.CSC(=O)O. The predicted molar refractivity (Wildman–Crippen MR) is 188 cm³/mol. The van der Waals surface area contributed by atoms with Gasteiger partial charge in [-0.15, -0.1) is 0 Å². The number of amides is 2. The lowest BCUT2D eigenvalue weighted by Gasteiger charge is -2.29. The molecule has 10 heteroatoms. The minimum atomic E-state index is -0.829. The number of nitrogens with zero attached hydrogens (tertiary/aromatic N) is 3. The number of hydrogen-bond donors (Lipinski definition) is 2. The molecule has 2 atom stereocenters. The van der Waals surface area contributed by atoms with Crippen LogP contribution in [0.2, 0.25) is 0 Å². The Kier molecular flexibility index (Phi) is 15.9. The molecule has 254 valence electrons. The van der Waals surface area contributed by atoms with Gasteiger partial charge in [0.2, 0.25) is 11.8 Å². The first-order valence-corrected chi connectivity index (χ1v) is 18.0. The second-order valence-electron chi connectivity index (χ2n) is 12.3. The fraction of sp³-hybridized carbons (Fsp3) is 0.583. The minimum absolute atomic E-state index is 0.131. The lowest BCUT2D eigenvalue weighted by Crippen LogP contribution is -2.43. The normalized spacial score (nSPS) is 17.9. The highest BCUT2D eigenvalue weighted by atomic mass is 32.2. The molecule has 0 aliphatic carbocycles. The van der Waals surface area contributed by atoms with Crippen LogP contribution in [0, 0.1) is 6.92 Å². The van der Waals surface area contributed by atoms with Crippen LogP contribution in [-0.4, -0.2) is 83.7 Å². The maximum absolute atomic E-state index is 13.9. The van der Waals surface area contributed by atoms with E-state index in [9.17, 15) is 14.4 Å². The first-order valence-electron chi connectivity index (χ1n) is 16.8. The number of hydrogen-bond acceptors (Lipinski definition) is 7. The van der Waals surface area contributed by atoms with Crippen molar-refractivity contribution >= 4 is 34.6 Å². The summed E-state index contributed by atoms with van der Waals surface area (Å²) in [6.45, 7) is 11.2. The lowest BCUT2D eigenvalue weighted by molar-refractivity contribution is -0.128. The molecule has 0 spiro atoms. The van der Waals surface area contributed by atoms with Crippen molar-refractivity contribution in [3.63, 3.8) is 0 Å². The third-order valence-electron chi connectivity index (χ3n) is 8.86. The fourth-order valence-corrected chi connectivity index (χ4v) is 6.20. The summed E-state index contributed by atoms with van der Waals surface area (Å²) >= 11 is 0.796. The van der Waals surface area contributed by atoms with Gasteiger partial charge >= 0.3 is 5.30 Å². The molecule has 46 heavy (non-hydrogen) atoms. The van der Waals surface area contributed by atoms with Crippen LogP contribution in [0.15, 0.2) is 42.5 Å². The highest BCUT2D eigenvalue weighted by Gasteiger charge is 2.36. The van der Waals surface area contributed by atoms with E-state index in [1.54, 1.807) is 0 Å². The van der Waals surface area contributed by atoms with Gasteiger partial charge in [0.15, 0.2) is 0 Å². The van der Waals surface area contributed by atoms with E-state index in [4.69, 9.17) is 15.6 Å². The van der Waals surface area contributed by atoms with Crippen molar-refractivity contribution in [2.75, 3.05) is 50.5 Å². The molecule has 2 aromatic carbocycles. The number of likely N-dealkylation sites (tertiary alicyclic amines) is 2. The minimum Gasteiger partial charge on any atom is -0.493 e. The van der Waals surface area contributed by atoms with Crippen LogP contribution in [0.1, 0.15) is 87.8 Å². The zero-order chi connectivity index (χ0) is 33.5. The number of ether oxygens (including phenoxy) is 1. The maximum atomic E-state index is 13.9. The zero-order valence-electron chi connectivity index (χ0n) is 28.2. The third kappa shape index (κ3) is 11.3. The molecular weight excluding hydrogens is 600 g/mol. The number of unbranched alkanes of at least 4 members (excludes halogenated alkanes) is 2. The number of aryl methyl sites for hydroxylation is 1. The Balaban J connectivity index is 0.00000107. The molecule has 0 unspecified atom stereocenters. The highest BCUT2D eigenvalue weighted by Crippen LogP contribution is 2.35. The number of rotatable bonds is 15. The van der Waals surface area contributed by atoms with E-state index in [2.05, 4.69) is 43.9 Å². The summed E-state index contributed by atoms with van der Waals surface area (Å²) in [7, 11) is 0. The number of carbonyl (C=O) groups is 3. The first kappa shape index (κ1) is 37.4. The fourth-order valence-electron chi connectivity index (χ4n) is 6.20. The molecule has 2 heterocycles. The smallest absolute Gasteiger partial charge is 0.364 e. The van der Waals surface area contributed by atoms with Crippen LogP contribution < -0.4 is 15.4 Å². The quantitative estimate of drug-likeness (QED) is 0.205. The lowest BCUT2D eigenvalue weighted by atomic mass is 9.94. The third-order valence-corrected chi connectivity index (χ3v) is 9.21. The predicted octanol–water partition coefficient (Wildman–Crippen LogP) is 6.66. The van der Waals surface area contributed by atoms with E-state index >= 15 is 0 Å². The standard InChI is InChI=1S/C34H50N4O3.C2H4O2S/c1-4-6-17-38(31-11-8-10-27(21-31)23-35)34(40)25-37-24-29(22-30(37)15-18-36-16-9-12-33(36)39)28-13-14-32(26(3)20-28)41-19-7-5-2;1-5-2(3)4/h8,10-11,13-14,20-21,29-30H,4-7,9,12,15-19,22-25,35H2,1-3H3;1H3,(H,3,4)/t29-,30+;/m1./s1. The number of benzene rings is 2. The van der Waals surface area contributed by atoms with Gasteiger partial charge in [0.25, 0.3) is 0 Å². The van der Waals surface area contributed by atoms with Crippen LogP contribution in [0.3, 0.4) is 0 Å². The zero-order valence-corrected chi connectivity index (χ0v) is 29.0. The Morgan fingerprint density at radius 1 is 1.13 bits per heavy atom. The number of carboxylic acid groups (broad SMARTS) is 1. The average molecular weight is 655 g/mol. The summed E-state index contributed by atoms with van der Waals surface area (Å²) in [5.41, 5.74) is 10.3. The Morgan fingerprint density at radius 2 is 1.89 bits per heavy atom. The molecule has 9 nitrogen and oxygen atoms in total. The average Bonchev–Trinajstić information content (AvgIpc) is 3.66. The molecule has 2 fully saturated rings. The van der Waals surface area contributed by atoms with Crippen LogP contribution in [0.4, 0.5) is 10.5 Å². The number of nitrogens with two attached hydrogens (primary N) is 1. The molecule has 2 amide bonds. The van der Waals surface area contributed by atoms with Gasteiger partial charge in [-0.3, -0.25) is 14.5 Å². The number of anilines is 1. The van der Waals surface area contributed by atoms with Crippen molar-refractivity contribution in [2.45, 2.75) is 90.6 Å². The van der Waals surface area contributed by atoms with Crippen LogP contribution in [-0.2, 0) is 16.1 Å². The molecule has 2 aliphatic rings. The van der Waals surface area contributed by atoms with Gasteiger partial charge in [-0.05, 0) is 97.9 Å². The number of carbonyl (C=O) groups excluding carboxylic acids is 2. The van der Waals surface area contributed by atoms with E-state index in [1.165, 1.54) is 11.8 Å². The largest absolute Gasteiger partial charge is 0.493 e. The topological polar surface area (TPSA) is 116 Å². The Hall–Kier alpha value is -3.08. The van der Waals surface area contributed by atoms with Gasteiger partial charge in [0.05, 0.1) is 13.2 Å². The van der Waals surface area contributed by atoms with E-state index in [-0.39, 0.29) is 17.9 Å². The van der Waals surface area contributed by atoms with Crippen molar-refractivity contribution in [3.05, 3.63) is 59.2 Å². The van der Waals surface area contributed by atoms with Crippen molar-refractivity contribution in [3.8, 4) is 5.75 Å². The van der Waals surface area contributed by atoms with Gasteiger partial charge in [0, 0.05) is 50.9 Å². The summed E-state index contributed by atoms with van der Waals surface area (Å²) < 4.78 is 6.01. The first-order chi connectivity index (χ1) is 22.2. The molecule has 2 saturated heterocycles. The second kappa shape index (κ2) is 19.6. The van der Waals surface area contributed by atoms with Crippen molar-refractivity contribution in [2.24, 2.45) is 5.73 Å². The van der Waals surface area contributed by atoms with Crippen LogP contribution >= 0.6 is 11.8 Å². The van der Waals surface area contributed by atoms with Gasteiger partial charge in [-0.1, -0.05) is 51.0 Å². The summed E-state index contributed by atoms with van der Waals surface area (Å²) in [5, 5.41) is 6.86. The molecule has 4 rings (SSSR count). The maximum Gasteiger partial charge on any atom is 0.364 e. The Morgan fingerprint density at radius 3 is 2.52 bits per heavy atom. The van der Waals surface area contributed by atoms with Gasteiger partial charge in [-0.25, -0.2) is 4.79 Å². The molecular formula is C36H54N4O5S. The highest BCUT2D eigenvalue weighted by molar-refractivity contribution is 8.12. The molecule has 3 N–H and O–H groups in total. The molecule has 0 aromatic heterocycles. The van der Waals surface area contributed by atoms with E-state index in [1.807, 2.05) is 34.1 Å². The summed E-state index contributed by atoms with van der Waals surface area (Å²) in [6, 6.07) is 14.9. The van der Waals surface area contributed by atoms with Gasteiger partial charge < -0.3 is 25.4 Å². The van der Waals surface area contributed by atoms with Gasteiger partial charge in [0.1, 0.15) is 5.75 Å². The van der Waals surface area contributed by atoms with Crippen molar-refractivity contribution in [1.29, 1.82) is 0 Å². The number of thioether (sulfide) groups is 1. The van der Waals surface area contributed by atoms with Gasteiger partial charge in [-0.2, -0.15) is 0 Å². The molecule has 0 saturated carbocycles. The van der Waals surface area contributed by atoms with Crippen molar-refractivity contribution < 1.29 is 24.2 Å². The van der Waals surface area contributed by atoms with Crippen LogP contribution in [0.5, 0.6) is 5.75 Å². The Labute approximate surface area is 279 Å².